The number of benzene rings is 1. The van der Waals surface area contributed by atoms with E-state index in [1.165, 1.54) is 0 Å². The maximum absolute atomic E-state index is 6.53. The van der Waals surface area contributed by atoms with Crippen LogP contribution in [0.15, 0.2) is 36.8 Å². The molecule has 0 spiro atoms. The van der Waals surface area contributed by atoms with Gasteiger partial charge in [0.15, 0.2) is 0 Å². The van der Waals surface area contributed by atoms with Crippen LogP contribution in [0.2, 0.25) is 5.02 Å². The first-order valence-electron chi connectivity index (χ1n) is 8.54. The van der Waals surface area contributed by atoms with Crippen molar-refractivity contribution in [1.82, 2.24) is 19.9 Å². The summed E-state index contributed by atoms with van der Waals surface area (Å²) in [5.41, 5.74) is 8.77. The van der Waals surface area contributed by atoms with E-state index >= 15 is 0 Å². The van der Waals surface area contributed by atoms with Gasteiger partial charge in [-0.25, -0.2) is 9.97 Å². The SMILES string of the molecule is Cl.Cl.NCCc1cncn1-c1ccc2nc(N3CCNCC3)c(Cl)cc2c1. The monoisotopic (exact) mass is 428 g/mol. The van der Waals surface area contributed by atoms with E-state index in [2.05, 4.69) is 31.9 Å². The maximum Gasteiger partial charge on any atom is 0.148 e. The summed E-state index contributed by atoms with van der Waals surface area (Å²) >= 11 is 6.53. The van der Waals surface area contributed by atoms with Gasteiger partial charge in [0.2, 0.25) is 0 Å². The van der Waals surface area contributed by atoms with E-state index < -0.39 is 0 Å². The number of imidazole rings is 1. The third-order valence-corrected chi connectivity index (χ3v) is 4.82. The highest BCUT2D eigenvalue weighted by Gasteiger charge is 2.16. The number of nitrogens with one attached hydrogen (secondary N) is 1. The van der Waals surface area contributed by atoms with E-state index in [1.54, 1.807) is 0 Å². The molecular formula is C18H23Cl3N6. The first kappa shape index (κ1) is 21.7. The van der Waals surface area contributed by atoms with Crippen LogP contribution in [0.3, 0.4) is 0 Å². The molecule has 1 aromatic carbocycles. The second kappa shape index (κ2) is 9.57. The molecule has 0 amide bonds. The number of halogens is 3. The molecule has 9 heteroatoms. The van der Waals surface area contributed by atoms with Gasteiger partial charge in [0, 0.05) is 55.6 Å². The summed E-state index contributed by atoms with van der Waals surface area (Å²) in [5.74, 6) is 0.870. The standard InChI is InChI=1S/C18H21ClN6.2ClH/c19-16-10-13-9-14(25-12-22-11-15(25)3-4-20)1-2-17(13)23-18(16)24-7-5-21-6-8-24;;/h1-2,9-12,21H,3-8,20H2;2*1H. The number of hydrogen-bond donors (Lipinski definition) is 2. The van der Waals surface area contributed by atoms with Crippen LogP contribution in [-0.4, -0.2) is 47.3 Å². The third-order valence-electron chi connectivity index (χ3n) is 4.54. The minimum atomic E-state index is 0. The van der Waals surface area contributed by atoms with E-state index in [-0.39, 0.29) is 24.8 Å². The highest BCUT2D eigenvalue weighted by Crippen LogP contribution is 2.29. The Kier molecular flexibility index (Phi) is 7.70. The van der Waals surface area contributed by atoms with Gasteiger partial charge < -0.3 is 20.5 Å². The van der Waals surface area contributed by atoms with Crippen molar-refractivity contribution >= 4 is 53.1 Å². The number of piperazine rings is 1. The lowest BCUT2D eigenvalue weighted by Gasteiger charge is -2.29. The molecule has 0 atom stereocenters. The van der Waals surface area contributed by atoms with E-state index in [0.29, 0.717) is 11.6 Å². The average Bonchev–Trinajstić information content (AvgIpc) is 3.10. The Hall–Kier alpha value is -1.57. The van der Waals surface area contributed by atoms with Gasteiger partial charge in [-0.05, 0) is 30.8 Å². The molecular weight excluding hydrogens is 407 g/mol. The number of rotatable bonds is 4. The van der Waals surface area contributed by atoms with Gasteiger partial charge in [0.1, 0.15) is 5.82 Å². The van der Waals surface area contributed by atoms with Gasteiger partial charge >= 0.3 is 0 Å². The van der Waals surface area contributed by atoms with Crippen LogP contribution < -0.4 is 16.0 Å². The van der Waals surface area contributed by atoms with Crippen molar-refractivity contribution in [2.24, 2.45) is 5.73 Å². The first-order chi connectivity index (χ1) is 12.3. The molecule has 0 aliphatic carbocycles. The Morgan fingerprint density at radius 2 is 1.93 bits per heavy atom. The molecule has 3 heterocycles. The largest absolute Gasteiger partial charge is 0.353 e. The fourth-order valence-electron chi connectivity index (χ4n) is 3.26. The molecule has 4 rings (SSSR count). The molecule has 1 saturated heterocycles. The summed E-state index contributed by atoms with van der Waals surface area (Å²) in [7, 11) is 0. The predicted molar refractivity (Wildman–Crippen MR) is 116 cm³/mol. The fraction of sp³-hybridized carbons (Fsp3) is 0.333. The maximum atomic E-state index is 6.53. The minimum Gasteiger partial charge on any atom is -0.353 e. The van der Waals surface area contributed by atoms with E-state index in [1.807, 2.05) is 24.7 Å². The normalized spacial score (nSPS) is 13.9. The molecule has 0 saturated carbocycles. The summed E-state index contributed by atoms with van der Waals surface area (Å²) in [6.07, 6.45) is 4.46. The van der Waals surface area contributed by atoms with Gasteiger partial charge in [0.05, 0.1) is 16.9 Å². The van der Waals surface area contributed by atoms with E-state index in [4.69, 9.17) is 22.3 Å². The topological polar surface area (TPSA) is 72.0 Å². The van der Waals surface area contributed by atoms with Gasteiger partial charge in [-0.15, -0.1) is 24.8 Å². The van der Waals surface area contributed by atoms with Crippen molar-refractivity contribution in [1.29, 1.82) is 0 Å². The molecule has 1 aliphatic heterocycles. The number of nitrogens with two attached hydrogens (primary N) is 1. The van der Waals surface area contributed by atoms with Crippen LogP contribution in [0.4, 0.5) is 5.82 Å². The van der Waals surface area contributed by atoms with E-state index in [0.717, 1.165) is 60.7 Å². The number of nitrogens with zero attached hydrogens (tertiary/aromatic N) is 4. The molecule has 2 aromatic heterocycles. The van der Waals surface area contributed by atoms with Crippen molar-refractivity contribution in [3.63, 3.8) is 0 Å². The smallest absolute Gasteiger partial charge is 0.148 e. The number of fused-ring (bicyclic) bond motifs is 1. The Morgan fingerprint density at radius 3 is 2.67 bits per heavy atom. The number of pyridine rings is 1. The molecule has 1 fully saturated rings. The van der Waals surface area contributed by atoms with Crippen LogP contribution >= 0.6 is 36.4 Å². The lowest BCUT2D eigenvalue weighted by molar-refractivity contribution is 0.585. The van der Waals surface area contributed by atoms with Crippen LogP contribution in [0.1, 0.15) is 5.69 Å². The first-order valence-corrected chi connectivity index (χ1v) is 8.92. The van der Waals surface area contributed by atoms with Crippen LogP contribution in [0.5, 0.6) is 0 Å². The lowest BCUT2D eigenvalue weighted by atomic mass is 10.2. The number of aromatic nitrogens is 3. The summed E-state index contributed by atoms with van der Waals surface area (Å²) in [5, 5.41) is 5.07. The molecule has 3 aromatic rings. The molecule has 1 aliphatic rings. The summed E-state index contributed by atoms with van der Waals surface area (Å²) in [4.78, 5) is 11.3. The zero-order chi connectivity index (χ0) is 17.2. The zero-order valence-corrected chi connectivity index (χ0v) is 17.2. The summed E-state index contributed by atoms with van der Waals surface area (Å²) in [6.45, 7) is 4.36. The molecule has 6 nitrogen and oxygen atoms in total. The van der Waals surface area contributed by atoms with Crippen molar-refractivity contribution in [2.75, 3.05) is 37.6 Å². The molecule has 27 heavy (non-hydrogen) atoms. The second-order valence-electron chi connectivity index (χ2n) is 6.20. The Bertz CT molecular complexity index is 892. The van der Waals surface area contributed by atoms with Crippen LogP contribution in [0, 0.1) is 0 Å². The highest BCUT2D eigenvalue weighted by atomic mass is 35.5. The van der Waals surface area contributed by atoms with Gasteiger partial charge in [-0.2, -0.15) is 0 Å². The summed E-state index contributed by atoms with van der Waals surface area (Å²) in [6, 6.07) is 8.20. The minimum absolute atomic E-state index is 0. The summed E-state index contributed by atoms with van der Waals surface area (Å²) < 4.78 is 2.06. The lowest BCUT2D eigenvalue weighted by Crippen LogP contribution is -2.44. The molecule has 0 radical (unpaired) electrons. The zero-order valence-electron chi connectivity index (χ0n) is 14.8. The number of anilines is 1. The van der Waals surface area contributed by atoms with Gasteiger partial charge in [-0.1, -0.05) is 11.6 Å². The Morgan fingerprint density at radius 1 is 1.15 bits per heavy atom. The van der Waals surface area contributed by atoms with Crippen molar-refractivity contribution in [2.45, 2.75) is 6.42 Å². The van der Waals surface area contributed by atoms with Gasteiger partial charge in [-0.3, -0.25) is 0 Å². The van der Waals surface area contributed by atoms with Crippen LogP contribution in [-0.2, 0) is 6.42 Å². The Balaban J connectivity index is 0.00000131. The second-order valence-corrected chi connectivity index (χ2v) is 6.61. The van der Waals surface area contributed by atoms with Crippen molar-refractivity contribution < 1.29 is 0 Å². The number of hydrogen-bond acceptors (Lipinski definition) is 5. The molecule has 0 unspecified atom stereocenters. The predicted octanol–water partition coefficient (Wildman–Crippen LogP) is 2.83. The molecule has 0 bridgehead atoms. The Labute approximate surface area is 175 Å². The average molecular weight is 430 g/mol. The molecule has 3 N–H and O–H groups in total. The van der Waals surface area contributed by atoms with Crippen molar-refractivity contribution in [3.8, 4) is 5.69 Å². The van der Waals surface area contributed by atoms with Crippen LogP contribution in [0.25, 0.3) is 16.6 Å². The third kappa shape index (κ3) is 4.47. The molecule has 146 valence electrons. The fourth-order valence-corrected chi connectivity index (χ4v) is 3.54. The highest BCUT2D eigenvalue weighted by molar-refractivity contribution is 6.33. The van der Waals surface area contributed by atoms with Gasteiger partial charge in [0.25, 0.3) is 0 Å². The van der Waals surface area contributed by atoms with E-state index in [9.17, 15) is 0 Å². The quantitative estimate of drug-likeness (QED) is 0.667. The van der Waals surface area contributed by atoms with Crippen molar-refractivity contribution in [3.05, 3.63) is 47.5 Å².